The van der Waals surface area contributed by atoms with Gasteiger partial charge in [-0.05, 0) is 40.8 Å². The van der Waals surface area contributed by atoms with Crippen LogP contribution in [-0.4, -0.2) is 23.9 Å². The van der Waals surface area contributed by atoms with Gasteiger partial charge in [0, 0.05) is 34.2 Å². The SMILES string of the molecule is CN(Cc1cc(Br)cs1)C(=O)CC1CCCCC1N. The Morgan fingerprint density at radius 2 is 2.26 bits per heavy atom. The van der Waals surface area contributed by atoms with E-state index in [2.05, 4.69) is 22.0 Å². The van der Waals surface area contributed by atoms with Crippen LogP contribution in [0.15, 0.2) is 15.9 Å². The summed E-state index contributed by atoms with van der Waals surface area (Å²) in [6, 6.07) is 2.28. The number of hydrogen-bond donors (Lipinski definition) is 1. The summed E-state index contributed by atoms with van der Waals surface area (Å²) in [4.78, 5) is 15.3. The standard InChI is InChI=1S/C14H21BrN2OS/c1-17(8-12-7-11(15)9-19-12)14(18)6-10-4-2-3-5-13(10)16/h7,9-10,13H,2-6,8,16H2,1H3. The fraction of sp³-hybridized carbons (Fsp3) is 0.643. The Hall–Kier alpha value is -0.390. The minimum absolute atomic E-state index is 0.210. The van der Waals surface area contributed by atoms with Crippen LogP contribution in [-0.2, 0) is 11.3 Å². The van der Waals surface area contributed by atoms with Crippen molar-refractivity contribution in [2.45, 2.75) is 44.7 Å². The van der Waals surface area contributed by atoms with E-state index in [4.69, 9.17) is 5.73 Å². The van der Waals surface area contributed by atoms with Gasteiger partial charge in [0.05, 0.1) is 6.54 Å². The van der Waals surface area contributed by atoms with Crippen molar-refractivity contribution in [2.24, 2.45) is 11.7 Å². The van der Waals surface area contributed by atoms with Crippen LogP contribution >= 0.6 is 27.3 Å². The Morgan fingerprint density at radius 1 is 1.53 bits per heavy atom. The van der Waals surface area contributed by atoms with E-state index < -0.39 is 0 Å². The summed E-state index contributed by atoms with van der Waals surface area (Å²) in [5, 5.41) is 2.05. The summed E-state index contributed by atoms with van der Waals surface area (Å²) in [7, 11) is 1.88. The summed E-state index contributed by atoms with van der Waals surface area (Å²) >= 11 is 5.11. The average Bonchev–Trinajstić information content (AvgIpc) is 2.77. The molecule has 2 atom stereocenters. The minimum Gasteiger partial charge on any atom is -0.341 e. The molecule has 1 heterocycles. The molecular weight excluding hydrogens is 324 g/mol. The third-order valence-corrected chi connectivity index (χ3v) is 5.53. The van der Waals surface area contributed by atoms with E-state index in [1.54, 1.807) is 11.3 Å². The molecule has 1 aromatic rings. The molecule has 1 fully saturated rings. The highest BCUT2D eigenvalue weighted by Gasteiger charge is 2.25. The Balaban J connectivity index is 1.85. The summed E-state index contributed by atoms with van der Waals surface area (Å²) in [6.07, 6.45) is 5.20. The van der Waals surface area contributed by atoms with E-state index in [9.17, 15) is 4.79 Å². The molecule has 1 aromatic heterocycles. The molecule has 1 saturated carbocycles. The predicted molar refractivity (Wildman–Crippen MR) is 83.0 cm³/mol. The lowest BCUT2D eigenvalue weighted by atomic mass is 9.83. The monoisotopic (exact) mass is 344 g/mol. The number of hydrogen-bond acceptors (Lipinski definition) is 3. The van der Waals surface area contributed by atoms with Crippen molar-refractivity contribution in [1.82, 2.24) is 4.90 Å². The second-order valence-corrected chi connectivity index (χ2v) is 7.31. The fourth-order valence-electron chi connectivity index (χ4n) is 2.63. The van der Waals surface area contributed by atoms with Gasteiger partial charge in [-0.15, -0.1) is 11.3 Å². The highest BCUT2D eigenvalue weighted by atomic mass is 79.9. The van der Waals surface area contributed by atoms with Crippen molar-refractivity contribution in [2.75, 3.05) is 7.05 Å². The van der Waals surface area contributed by atoms with E-state index in [0.717, 1.165) is 17.3 Å². The Morgan fingerprint density at radius 3 is 2.89 bits per heavy atom. The van der Waals surface area contributed by atoms with Gasteiger partial charge in [-0.3, -0.25) is 4.79 Å². The Labute approximate surface area is 127 Å². The molecule has 1 aliphatic carbocycles. The predicted octanol–water partition coefficient (Wildman–Crippen LogP) is 3.38. The van der Waals surface area contributed by atoms with Gasteiger partial charge in [-0.2, -0.15) is 0 Å². The maximum atomic E-state index is 12.2. The van der Waals surface area contributed by atoms with Gasteiger partial charge in [0.2, 0.25) is 5.91 Å². The van der Waals surface area contributed by atoms with Crippen LogP contribution in [0.5, 0.6) is 0 Å². The van der Waals surface area contributed by atoms with E-state index in [-0.39, 0.29) is 11.9 Å². The molecule has 0 aromatic carbocycles. The Kier molecular flexibility index (Phi) is 5.42. The molecule has 3 nitrogen and oxygen atoms in total. The second-order valence-electron chi connectivity index (χ2n) is 5.39. The quantitative estimate of drug-likeness (QED) is 0.909. The average molecular weight is 345 g/mol. The number of amides is 1. The molecule has 19 heavy (non-hydrogen) atoms. The number of carbonyl (C=O) groups is 1. The second kappa shape index (κ2) is 6.86. The molecule has 0 radical (unpaired) electrons. The van der Waals surface area contributed by atoms with Crippen molar-refractivity contribution in [3.05, 3.63) is 20.8 Å². The van der Waals surface area contributed by atoms with Gasteiger partial charge in [0.15, 0.2) is 0 Å². The van der Waals surface area contributed by atoms with Gasteiger partial charge in [-0.1, -0.05) is 12.8 Å². The fourth-order valence-corrected chi connectivity index (χ4v) is 4.13. The van der Waals surface area contributed by atoms with E-state index >= 15 is 0 Å². The summed E-state index contributed by atoms with van der Waals surface area (Å²) in [5.41, 5.74) is 6.11. The normalized spacial score (nSPS) is 23.3. The molecule has 2 rings (SSSR count). The van der Waals surface area contributed by atoms with Gasteiger partial charge < -0.3 is 10.6 Å². The molecule has 1 aliphatic rings. The van der Waals surface area contributed by atoms with Crippen molar-refractivity contribution >= 4 is 33.2 Å². The number of rotatable bonds is 4. The highest BCUT2D eigenvalue weighted by molar-refractivity contribution is 9.10. The molecule has 0 aliphatic heterocycles. The summed E-state index contributed by atoms with van der Waals surface area (Å²) < 4.78 is 1.09. The van der Waals surface area contributed by atoms with Crippen molar-refractivity contribution in [1.29, 1.82) is 0 Å². The number of halogens is 1. The van der Waals surface area contributed by atoms with Crippen LogP contribution in [0.4, 0.5) is 0 Å². The molecule has 0 spiro atoms. The van der Waals surface area contributed by atoms with Gasteiger partial charge in [-0.25, -0.2) is 0 Å². The first kappa shape index (κ1) is 15.0. The first-order valence-electron chi connectivity index (χ1n) is 6.78. The number of nitrogens with two attached hydrogens (primary N) is 1. The first-order valence-corrected chi connectivity index (χ1v) is 8.46. The molecule has 0 saturated heterocycles. The lowest BCUT2D eigenvalue weighted by molar-refractivity contribution is -0.131. The van der Waals surface area contributed by atoms with Crippen molar-refractivity contribution < 1.29 is 4.79 Å². The van der Waals surface area contributed by atoms with Crippen LogP contribution < -0.4 is 5.73 Å². The first-order chi connectivity index (χ1) is 9.06. The molecular formula is C14H21BrN2OS. The largest absolute Gasteiger partial charge is 0.341 e. The smallest absolute Gasteiger partial charge is 0.222 e. The van der Waals surface area contributed by atoms with Gasteiger partial charge >= 0.3 is 0 Å². The van der Waals surface area contributed by atoms with Crippen LogP contribution in [0.2, 0.25) is 0 Å². The van der Waals surface area contributed by atoms with Crippen LogP contribution in [0.1, 0.15) is 37.0 Å². The maximum absolute atomic E-state index is 12.2. The molecule has 106 valence electrons. The van der Waals surface area contributed by atoms with Gasteiger partial charge in [0.25, 0.3) is 0 Å². The maximum Gasteiger partial charge on any atom is 0.222 e. The lowest BCUT2D eigenvalue weighted by Gasteiger charge is -2.29. The zero-order valence-electron chi connectivity index (χ0n) is 11.3. The summed E-state index contributed by atoms with van der Waals surface area (Å²) in [6.45, 7) is 0.692. The minimum atomic E-state index is 0.210. The van der Waals surface area contributed by atoms with Crippen molar-refractivity contribution in [3.8, 4) is 0 Å². The van der Waals surface area contributed by atoms with E-state index in [0.29, 0.717) is 18.9 Å². The van der Waals surface area contributed by atoms with E-state index in [1.807, 2.05) is 17.3 Å². The zero-order valence-corrected chi connectivity index (χ0v) is 13.7. The molecule has 5 heteroatoms. The van der Waals surface area contributed by atoms with Crippen LogP contribution in [0.3, 0.4) is 0 Å². The van der Waals surface area contributed by atoms with Crippen LogP contribution in [0, 0.1) is 5.92 Å². The van der Waals surface area contributed by atoms with Crippen molar-refractivity contribution in [3.63, 3.8) is 0 Å². The lowest BCUT2D eigenvalue weighted by Crippen LogP contribution is -2.37. The third kappa shape index (κ3) is 4.29. The number of nitrogens with zero attached hydrogens (tertiary/aromatic N) is 1. The van der Waals surface area contributed by atoms with Gasteiger partial charge in [0.1, 0.15) is 0 Å². The summed E-state index contributed by atoms with van der Waals surface area (Å²) in [5.74, 6) is 0.589. The van der Waals surface area contributed by atoms with Crippen LogP contribution in [0.25, 0.3) is 0 Å². The number of carbonyl (C=O) groups excluding carboxylic acids is 1. The molecule has 2 unspecified atom stereocenters. The molecule has 1 amide bonds. The zero-order chi connectivity index (χ0) is 13.8. The highest BCUT2D eigenvalue weighted by Crippen LogP contribution is 2.27. The molecule has 0 bridgehead atoms. The molecule has 2 N–H and O–H groups in total. The topological polar surface area (TPSA) is 46.3 Å². The number of thiophene rings is 1. The Bertz CT molecular complexity index is 435. The third-order valence-electron chi connectivity index (χ3n) is 3.85. The van der Waals surface area contributed by atoms with E-state index in [1.165, 1.54) is 17.7 Å².